The molecule has 0 atom stereocenters. The SMILES string of the molecule is COC(=O)c1cc(NC(=S)NCCCSc2ccc(C)cc2)ccc1Cl. The van der Waals surface area contributed by atoms with Gasteiger partial charge in [-0.05, 0) is 61.6 Å². The Bertz CT molecular complexity index is 767. The second-order valence-corrected chi connectivity index (χ2v) is 7.57. The second kappa shape index (κ2) is 10.4. The van der Waals surface area contributed by atoms with Gasteiger partial charge in [0.1, 0.15) is 0 Å². The van der Waals surface area contributed by atoms with Crippen molar-refractivity contribution in [2.45, 2.75) is 18.2 Å². The van der Waals surface area contributed by atoms with Crippen LogP contribution < -0.4 is 10.6 Å². The smallest absolute Gasteiger partial charge is 0.339 e. The zero-order valence-electron chi connectivity index (χ0n) is 14.7. The molecule has 0 saturated heterocycles. The van der Waals surface area contributed by atoms with Gasteiger partial charge < -0.3 is 15.4 Å². The maximum absolute atomic E-state index is 11.7. The van der Waals surface area contributed by atoms with Crippen molar-refractivity contribution in [1.82, 2.24) is 5.32 Å². The first-order valence-electron chi connectivity index (χ1n) is 8.12. The van der Waals surface area contributed by atoms with E-state index < -0.39 is 5.97 Å². The highest BCUT2D eigenvalue weighted by Crippen LogP contribution is 2.21. The number of hydrogen-bond donors (Lipinski definition) is 2. The highest BCUT2D eigenvalue weighted by molar-refractivity contribution is 7.99. The van der Waals surface area contributed by atoms with Gasteiger partial charge in [-0.3, -0.25) is 0 Å². The van der Waals surface area contributed by atoms with Crippen molar-refractivity contribution in [3.63, 3.8) is 0 Å². The van der Waals surface area contributed by atoms with Gasteiger partial charge in [-0.2, -0.15) is 0 Å². The number of rotatable bonds is 7. The lowest BCUT2D eigenvalue weighted by Gasteiger charge is -2.12. The van der Waals surface area contributed by atoms with E-state index in [2.05, 4.69) is 41.8 Å². The minimum atomic E-state index is -0.481. The highest BCUT2D eigenvalue weighted by atomic mass is 35.5. The van der Waals surface area contributed by atoms with E-state index in [0.29, 0.717) is 21.4 Å². The lowest BCUT2D eigenvalue weighted by atomic mass is 10.2. The monoisotopic (exact) mass is 408 g/mol. The summed E-state index contributed by atoms with van der Waals surface area (Å²) in [6.45, 7) is 2.85. The van der Waals surface area contributed by atoms with Crippen LogP contribution in [-0.2, 0) is 4.74 Å². The average molecular weight is 409 g/mol. The van der Waals surface area contributed by atoms with Gasteiger partial charge in [-0.1, -0.05) is 29.3 Å². The van der Waals surface area contributed by atoms with Crippen LogP contribution in [0.3, 0.4) is 0 Å². The molecular formula is C19H21ClN2O2S2. The van der Waals surface area contributed by atoms with E-state index in [4.69, 9.17) is 28.6 Å². The quantitative estimate of drug-likeness (QED) is 0.294. The molecule has 2 aromatic rings. The van der Waals surface area contributed by atoms with Gasteiger partial charge >= 0.3 is 5.97 Å². The lowest BCUT2D eigenvalue weighted by Crippen LogP contribution is -2.29. The number of aryl methyl sites for hydroxylation is 1. The number of thioether (sulfide) groups is 1. The number of carbonyl (C=O) groups is 1. The molecule has 0 fully saturated rings. The molecule has 26 heavy (non-hydrogen) atoms. The Morgan fingerprint density at radius 2 is 1.96 bits per heavy atom. The Morgan fingerprint density at radius 3 is 2.65 bits per heavy atom. The molecule has 7 heteroatoms. The van der Waals surface area contributed by atoms with E-state index in [-0.39, 0.29) is 0 Å². The number of anilines is 1. The normalized spacial score (nSPS) is 10.3. The number of carbonyl (C=O) groups excluding carboxylic acids is 1. The summed E-state index contributed by atoms with van der Waals surface area (Å²) >= 11 is 13.1. The third-order valence-corrected chi connectivity index (χ3v) is 5.20. The Morgan fingerprint density at radius 1 is 1.23 bits per heavy atom. The summed E-state index contributed by atoms with van der Waals surface area (Å²) in [4.78, 5) is 12.9. The van der Waals surface area contributed by atoms with Gasteiger partial charge in [0.2, 0.25) is 0 Å². The number of esters is 1. The third-order valence-electron chi connectivity index (χ3n) is 3.53. The number of halogens is 1. The third kappa shape index (κ3) is 6.52. The molecule has 0 aliphatic heterocycles. The molecule has 0 unspecified atom stereocenters. The van der Waals surface area contributed by atoms with Crippen molar-refractivity contribution in [3.8, 4) is 0 Å². The topological polar surface area (TPSA) is 50.4 Å². The van der Waals surface area contributed by atoms with Crippen LogP contribution in [0.25, 0.3) is 0 Å². The molecule has 2 N–H and O–H groups in total. The molecule has 0 spiro atoms. The van der Waals surface area contributed by atoms with Gasteiger partial charge in [0.05, 0.1) is 17.7 Å². The zero-order valence-corrected chi connectivity index (χ0v) is 17.1. The van der Waals surface area contributed by atoms with Gasteiger partial charge in [-0.15, -0.1) is 11.8 Å². The van der Waals surface area contributed by atoms with E-state index in [9.17, 15) is 4.79 Å². The molecule has 0 amide bonds. The molecule has 138 valence electrons. The number of ether oxygens (including phenoxy) is 1. The number of hydrogen-bond acceptors (Lipinski definition) is 4. The van der Waals surface area contributed by atoms with Crippen LogP contribution in [-0.4, -0.2) is 30.5 Å². The van der Waals surface area contributed by atoms with Crippen LogP contribution in [0.4, 0.5) is 5.69 Å². The van der Waals surface area contributed by atoms with Gasteiger partial charge in [-0.25, -0.2) is 4.79 Å². The zero-order chi connectivity index (χ0) is 18.9. The van der Waals surface area contributed by atoms with Crippen molar-refractivity contribution < 1.29 is 9.53 Å². The fraction of sp³-hybridized carbons (Fsp3) is 0.263. The summed E-state index contributed by atoms with van der Waals surface area (Å²) in [5.74, 6) is 0.525. The molecule has 0 saturated carbocycles. The molecule has 0 aliphatic rings. The Kier molecular flexibility index (Phi) is 8.22. The van der Waals surface area contributed by atoms with Crippen LogP contribution in [0.2, 0.25) is 5.02 Å². The summed E-state index contributed by atoms with van der Waals surface area (Å²) in [5.41, 5.74) is 2.25. The maximum atomic E-state index is 11.7. The summed E-state index contributed by atoms with van der Waals surface area (Å²) < 4.78 is 4.71. The molecular weight excluding hydrogens is 388 g/mol. The van der Waals surface area contributed by atoms with Crippen LogP contribution in [0.5, 0.6) is 0 Å². The van der Waals surface area contributed by atoms with Gasteiger partial charge in [0.25, 0.3) is 0 Å². The first-order valence-corrected chi connectivity index (χ1v) is 9.89. The number of nitrogens with one attached hydrogen (secondary N) is 2. The highest BCUT2D eigenvalue weighted by Gasteiger charge is 2.11. The number of thiocarbonyl (C=S) groups is 1. The largest absolute Gasteiger partial charge is 0.465 e. The molecule has 4 nitrogen and oxygen atoms in total. The predicted molar refractivity (Wildman–Crippen MR) is 114 cm³/mol. The van der Waals surface area contributed by atoms with Crippen molar-refractivity contribution in [1.29, 1.82) is 0 Å². The van der Waals surface area contributed by atoms with Gasteiger partial charge in [0, 0.05) is 17.1 Å². The molecule has 2 rings (SSSR count). The summed E-state index contributed by atoms with van der Waals surface area (Å²) in [6.07, 6.45) is 0.981. The summed E-state index contributed by atoms with van der Waals surface area (Å²) in [5, 5.41) is 7.06. The van der Waals surface area contributed by atoms with Crippen molar-refractivity contribution >= 4 is 52.3 Å². The first-order chi connectivity index (χ1) is 12.5. The van der Waals surface area contributed by atoms with Crippen LogP contribution in [0.1, 0.15) is 22.3 Å². The standard InChI is InChI=1S/C19H21ClN2O2S2/c1-13-4-7-15(8-5-13)26-11-3-10-21-19(25)22-14-6-9-17(20)16(12-14)18(23)24-2/h4-9,12H,3,10-11H2,1-2H3,(H2,21,22,25). The molecule has 0 bridgehead atoms. The predicted octanol–water partition coefficient (Wildman–Crippen LogP) is 4.90. The lowest BCUT2D eigenvalue weighted by molar-refractivity contribution is 0.0601. The number of methoxy groups -OCH3 is 1. The Balaban J connectivity index is 1.73. The van der Waals surface area contributed by atoms with E-state index >= 15 is 0 Å². The minimum Gasteiger partial charge on any atom is -0.465 e. The molecule has 0 aromatic heterocycles. The first kappa shape index (κ1) is 20.6. The fourth-order valence-corrected chi connectivity index (χ4v) is 3.41. The van der Waals surface area contributed by atoms with E-state index in [0.717, 1.165) is 18.7 Å². The molecule has 0 aliphatic carbocycles. The van der Waals surface area contributed by atoms with E-state index in [1.54, 1.807) is 18.2 Å². The summed E-state index contributed by atoms with van der Waals surface area (Å²) in [6, 6.07) is 13.5. The van der Waals surface area contributed by atoms with Crippen LogP contribution >= 0.6 is 35.6 Å². The van der Waals surface area contributed by atoms with E-state index in [1.807, 2.05) is 11.8 Å². The number of benzene rings is 2. The Labute approximate surface area is 168 Å². The fourth-order valence-electron chi connectivity index (χ4n) is 2.14. The molecule has 0 heterocycles. The molecule has 0 radical (unpaired) electrons. The van der Waals surface area contributed by atoms with Crippen LogP contribution in [0, 0.1) is 6.92 Å². The average Bonchev–Trinajstić information content (AvgIpc) is 2.64. The van der Waals surface area contributed by atoms with Crippen molar-refractivity contribution in [2.24, 2.45) is 0 Å². The van der Waals surface area contributed by atoms with Crippen molar-refractivity contribution in [3.05, 3.63) is 58.6 Å². The summed E-state index contributed by atoms with van der Waals surface area (Å²) in [7, 11) is 1.32. The van der Waals surface area contributed by atoms with Crippen LogP contribution in [0.15, 0.2) is 47.4 Å². The van der Waals surface area contributed by atoms with E-state index in [1.165, 1.54) is 17.6 Å². The minimum absolute atomic E-state index is 0.302. The molecule has 2 aromatic carbocycles. The van der Waals surface area contributed by atoms with Crippen molar-refractivity contribution in [2.75, 3.05) is 24.7 Å². The Hall–Kier alpha value is -1.76. The maximum Gasteiger partial charge on any atom is 0.339 e. The second-order valence-electron chi connectivity index (χ2n) is 5.58. The van der Waals surface area contributed by atoms with Gasteiger partial charge in [0.15, 0.2) is 5.11 Å².